The van der Waals surface area contributed by atoms with E-state index < -0.39 is 0 Å². The number of hydrogen-bond donors (Lipinski definition) is 1. The van der Waals surface area contributed by atoms with Crippen molar-refractivity contribution in [1.82, 2.24) is 9.97 Å². The first-order valence-corrected chi connectivity index (χ1v) is 6.11. The molecule has 1 atom stereocenters. The van der Waals surface area contributed by atoms with Gasteiger partial charge in [0.25, 0.3) is 0 Å². The van der Waals surface area contributed by atoms with Gasteiger partial charge in [0.05, 0.1) is 12.4 Å². The molecule has 1 unspecified atom stereocenters. The van der Waals surface area contributed by atoms with Gasteiger partial charge >= 0.3 is 0 Å². The van der Waals surface area contributed by atoms with Gasteiger partial charge in [0.1, 0.15) is 11.6 Å². The van der Waals surface area contributed by atoms with Gasteiger partial charge in [-0.25, -0.2) is 4.98 Å². The lowest BCUT2D eigenvalue weighted by atomic mass is 10.0. The van der Waals surface area contributed by atoms with E-state index in [1.165, 1.54) is 25.7 Å². The number of nitrogens with one attached hydrogen (secondary N) is 1. The van der Waals surface area contributed by atoms with Crippen molar-refractivity contribution >= 4 is 11.6 Å². The lowest BCUT2D eigenvalue weighted by Crippen LogP contribution is -2.39. The van der Waals surface area contributed by atoms with Gasteiger partial charge in [0, 0.05) is 19.6 Å². The Bertz CT molecular complexity index is 340. The van der Waals surface area contributed by atoms with Gasteiger partial charge in [-0.05, 0) is 25.7 Å². The van der Waals surface area contributed by atoms with Crippen LogP contribution in [0.3, 0.4) is 0 Å². The Morgan fingerprint density at radius 2 is 2.31 bits per heavy atom. The third-order valence-corrected chi connectivity index (χ3v) is 3.27. The van der Waals surface area contributed by atoms with Crippen LogP contribution >= 0.6 is 0 Å². The summed E-state index contributed by atoms with van der Waals surface area (Å²) in [4.78, 5) is 11.2. The largest absolute Gasteiger partial charge is 0.372 e. The van der Waals surface area contributed by atoms with E-state index >= 15 is 0 Å². The van der Waals surface area contributed by atoms with Crippen molar-refractivity contribution in [2.75, 3.05) is 23.8 Å². The molecule has 2 rings (SSSR count). The molecule has 88 valence electrons. The van der Waals surface area contributed by atoms with Crippen LogP contribution in [0.4, 0.5) is 11.6 Å². The van der Waals surface area contributed by atoms with Gasteiger partial charge in [-0.3, -0.25) is 4.98 Å². The highest BCUT2D eigenvalue weighted by Crippen LogP contribution is 2.24. The molecule has 1 aliphatic heterocycles. The Morgan fingerprint density at radius 3 is 3.06 bits per heavy atom. The molecule has 0 saturated carbocycles. The Labute approximate surface area is 97.1 Å². The van der Waals surface area contributed by atoms with E-state index in [0.29, 0.717) is 6.04 Å². The third kappa shape index (κ3) is 2.26. The van der Waals surface area contributed by atoms with E-state index in [0.717, 1.165) is 18.2 Å². The minimum atomic E-state index is 0.634. The highest BCUT2D eigenvalue weighted by molar-refractivity contribution is 5.44. The molecule has 2 heterocycles. The van der Waals surface area contributed by atoms with Crippen LogP contribution in [0.5, 0.6) is 0 Å². The lowest BCUT2D eigenvalue weighted by Gasteiger charge is -2.36. The third-order valence-electron chi connectivity index (χ3n) is 3.27. The molecule has 16 heavy (non-hydrogen) atoms. The molecule has 1 N–H and O–H groups in total. The van der Waals surface area contributed by atoms with Crippen molar-refractivity contribution in [3.8, 4) is 0 Å². The molecular weight excluding hydrogens is 200 g/mol. The molecule has 0 amide bonds. The van der Waals surface area contributed by atoms with Crippen molar-refractivity contribution < 1.29 is 0 Å². The van der Waals surface area contributed by atoms with Gasteiger partial charge in [0.2, 0.25) is 0 Å². The second kappa shape index (κ2) is 5.14. The number of anilines is 2. The number of aromatic nitrogens is 2. The molecule has 1 aromatic rings. The molecule has 4 heteroatoms. The minimum absolute atomic E-state index is 0.634. The smallest absolute Gasteiger partial charge is 0.149 e. The summed E-state index contributed by atoms with van der Waals surface area (Å²) in [6, 6.07) is 0.634. The Morgan fingerprint density at radius 1 is 1.44 bits per heavy atom. The van der Waals surface area contributed by atoms with Crippen molar-refractivity contribution in [1.29, 1.82) is 0 Å². The number of rotatable bonds is 3. The normalized spacial score (nSPS) is 20.9. The van der Waals surface area contributed by atoms with E-state index in [1.54, 1.807) is 6.20 Å². The standard InChI is InChI=1S/C12H20N4/c1-3-10-6-4-5-7-16(10)12-9-14-8-11(13-2)15-12/h8-10H,3-7H2,1-2H3,(H,13,15). The van der Waals surface area contributed by atoms with Crippen LogP contribution in [0.2, 0.25) is 0 Å². The summed E-state index contributed by atoms with van der Waals surface area (Å²) >= 11 is 0. The summed E-state index contributed by atoms with van der Waals surface area (Å²) in [6.07, 6.45) is 8.70. The monoisotopic (exact) mass is 220 g/mol. The van der Waals surface area contributed by atoms with Gasteiger partial charge in [-0.1, -0.05) is 6.92 Å². The zero-order chi connectivity index (χ0) is 11.4. The van der Waals surface area contributed by atoms with Gasteiger partial charge < -0.3 is 10.2 Å². The Kier molecular flexibility index (Phi) is 3.59. The summed E-state index contributed by atoms with van der Waals surface area (Å²) in [5.41, 5.74) is 0. The number of hydrogen-bond acceptors (Lipinski definition) is 4. The molecule has 1 aromatic heterocycles. The second-order valence-electron chi connectivity index (χ2n) is 4.26. The molecule has 1 fully saturated rings. The number of piperidine rings is 1. The highest BCUT2D eigenvalue weighted by Gasteiger charge is 2.22. The van der Waals surface area contributed by atoms with Crippen molar-refractivity contribution in [2.24, 2.45) is 0 Å². The SMILES string of the molecule is CCC1CCCCN1c1cncc(NC)n1. The van der Waals surface area contributed by atoms with Crippen LogP contribution in [-0.2, 0) is 0 Å². The fourth-order valence-corrected chi connectivity index (χ4v) is 2.34. The lowest BCUT2D eigenvalue weighted by molar-refractivity contribution is 0.446. The predicted molar refractivity (Wildman–Crippen MR) is 66.9 cm³/mol. The Balaban J connectivity index is 2.20. The summed E-state index contributed by atoms with van der Waals surface area (Å²) in [5, 5.41) is 3.04. The highest BCUT2D eigenvalue weighted by atomic mass is 15.2. The van der Waals surface area contributed by atoms with Crippen molar-refractivity contribution in [3.63, 3.8) is 0 Å². The maximum Gasteiger partial charge on any atom is 0.149 e. The Hall–Kier alpha value is -1.32. The second-order valence-corrected chi connectivity index (χ2v) is 4.26. The molecule has 0 bridgehead atoms. The average molecular weight is 220 g/mol. The first kappa shape index (κ1) is 11.2. The fraction of sp³-hybridized carbons (Fsp3) is 0.667. The van der Waals surface area contributed by atoms with E-state index in [-0.39, 0.29) is 0 Å². The maximum atomic E-state index is 4.57. The zero-order valence-corrected chi connectivity index (χ0v) is 10.1. The van der Waals surface area contributed by atoms with Crippen molar-refractivity contribution in [3.05, 3.63) is 12.4 Å². The molecule has 1 aliphatic rings. The van der Waals surface area contributed by atoms with Crippen molar-refractivity contribution in [2.45, 2.75) is 38.6 Å². The fourth-order valence-electron chi connectivity index (χ4n) is 2.34. The molecule has 0 aliphatic carbocycles. The molecule has 0 radical (unpaired) electrons. The van der Waals surface area contributed by atoms with Crippen LogP contribution in [0.25, 0.3) is 0 Å². The maximum absolute atomic E-state index is 4.57. The van der Waals surface area contributed by atoms with Gasteiger partial charge in [-0.15, -0.1) is 0 Å². The van der Waals surface area contributed by atoms with E-state index in [9.17, 15) is 0 Å². The van der Waals surface area contributed by atoms with E-state index in [4.69, 9.17) is 0 Å². The van der Waals surface area contributed by atoms with Crippen LogP contribution in [0.15, 0.2) is 12.4 Å². The minimum Gasteiger partial charge on any atom is -0.372 e. The summed E-state index contributed by atoms with van der Waals surface area (Å²) < 4.78 is 0. The number of nitrogens with zero attached hydrogens (tertiary/aromatic N) is 3. The van der Waals surface area contributed by atoms with E-state index in [2.05, 4.69) is 27.1 Å². The van der Waals surface area contributed by atoms with Crippen LogP contribution < -0.4 is 10.2 Å². The molecule has 0 spiro atoms. The van der Waals surface area contributed by atoms with Gasteiger partial charge in [0.15, 0.2) is 0 Å². The van der Waals surface area contributed by atoms with Crippen LogP contribution in [0.1, 0.15) is 32.6 Å². The zero-order valence-electron chi connectivity index (χ0n) is 10.1. The quantitative estimate of drug-likeness (QED) is 0.848. The van der Waals surface area contributed by atoms with Crippen LogP contribution in [-0.4, -0.2) is 29.6 Å². The van der Waals surface area contributed by atoms with Crippen LogP contribution in [0, 0.1) is 0 Å². The molecular formula is C12H20N4. The molecule has 1 saturated heterocycles. The van der Waals surface area contributed by atoms with Gasteiger partial charge in [-0.2, -0.15) is 0 Å². The summed E-state index contributed by atoms with van der Waals surface area (Å²) in [5.74, 6) is 1.86. The topological polar surface area (TPSA) is 41.1 Å². The van der Waals surface area contributed by atoms with E-state index in [1.807, 2.05) is 13.2 Å². The summed E-state index contributed by atoms with van der Waals surface area (Å²) in [7, 11) is 1.88. The molecule has 4 nitrogen and oxygen atoms in total. The first-order valence-electron chi connectivity index (χ1n) is 6.11. The summed E-state index contributed by atoms with van der Waals surface area (Å²) in [6.45, 7) is 3.36. The first-order chi connectivity index (χ1) is 7.85. The molecule has 0 aromatic carbocycles. The average Bonchev–Trinajstić information content (AvgIpc) is 2.38. The predicted octanol–water partition coefficient (Wildman–Crippen LogP) is 2.29.